The van der Waals surface area contributed by atoms with Gasteiger partial charge >= 0.3 is 0 Å². The molecule has 0 aliphatic rings. The fourth-order valence-corrected chi connectivity index (χ4v) is 2.63. The molecule has 0 bridgehead atoms. The smallest absolute Gasteiger partial charge is 0.110 e. The summed E-state index contributed by atoms with van der Waals surface area (Å²) < 4.78 is 2.23. The largest absolute Gasteiger partial charge is 0.335 e. The first-order chi connectivity index (χ1) is 9.74. The highest BCUT2D eigenvalue weighted by atomic mass is 35.5. The van der Waals surface area contributed by atoms with E-state index in [1.165, 1.54) is 5.56 Å². The van der Waals surface area contributed by atoms with Crippen LogP contribution >= 0.6 is 11.6 Å². The summed E-state index contributed by atoms with van der Waals surface area (Å²) in [5.74, 6) is 1.12. The zero-order valence-electron chi connectivity index (χ0n) is 12.1. The summed E-state index contributed by atoms with van der Waals surface area (Å²) in [5, 5.41) is 4.30. The van der Waals surface area contributed by atoms with E-state index in [0.717, 1.165) is 36.8 Å². The van der Waals surface area contributed by atoms with Crippen LogP contribution in [-0.2, 0) is 13.0 Å². The summed E-state index contributed by atoms with van der Waals surface area (Å²) in [7, 11) is 0. The molecule has 0 saturated carbocycles. The maximum atomic E-state index is 6.10. The summed E-state index contributed by atoms with van der Waals surface area (Å²) in [6.45, 7) is 6.24. The minimum atomic E-state index is 0.247. The van der Waals surface area contributed by atoms with Crippen molar-refractivity contribution in [2.24, 2.45) is 0 Å². The first-order valence-electron chi connectivity index (χ1n) is 7.23. The third-order valence-corrected chi connectivity index (χ3v) is 3.59. The number of hydrogen-bond acceptors (Lipinski definition) is 2. The maximum absolute atomic E-state index is 6.10. The highest BCUT2D eigenvalue weighted by Gasteiger charge is 2.14. The molecule has 0 amide bonds. The fourth-order valence-electron chi connectivity index (χ4n) is 2.43. The van der Waals surface area contributed by atoms with Crippen LogP contribution in [0.4, 0.5) is 0 Å². The van der Waals surface area contributed by atoms with Crippen LogP contribution in [0.2, 0.25) is 5.02 Å². The number of nitrogens with one attached hydrogen (secondary N) is 1. The average molecular weight is 292 g/mol. The molecule has 20 heavy (non-hydrogen) atoms. The minimum Gasteiger partial charge on any atom is -0.335 e. The van der Waals surface area contributed by atoms with E-state index in [1.54, 1.807) is 0 Å². The van der Waals surface area contributed by atoms with E-state index in [2.05, 4.69) is 41.0 Å². The Balaban J connectivity index is 2.18. The molecule has 2 aromatic rings. The molecule has 0 aliphatic heterocycles. The van der Waals surface area contributed by atoms with Gasteiger partial charge in [0.15, 0.2) is 0 Å². The number of benzene rings is 1. The molecule has 0 spiro atoms. The number of imidazole rings is 1. The van der Waals surface area contributed by atoms with Gasteiger partial charge in [0.25, 0.3) is 0 Å². The van der Waals surface area contributed by atoms with Crippen molar-refractivity contribution in [1.82, 2.24) is 14.9 Å². The molecule has 1 aromatic carbocycles. The zero-order chi connectivity index (χ0) is 14.4. The second kappa shape index (κ2) is 7.46. The van der Waals surface area contributed by atoms with E-state index >= 15 is 0 Å². The molecule has 0 radical (unpaired) electrons. The molecule has 1 aromatic heterocycles. The predicted molar refractivity (Wildman–Crippen MR) is 84.1 cm³/mol. The lowest BCUT2D eigenvalue weighted by Gasteiger charge is -2.19. The predicted octanol–water partition coefficient (Wildman–Crippen LogP) is 3.84. The van der Waals surface area contributed by atoms with Crippen LogP contribution in [0.5, 0.6) is 0 Å². The molecule has 1 atom stereocenters. The lowest BCUT2D eigenvalue weighted by molar-refractivity contribution is 0.516. The first kappa shape index (κ1) is 15.1. The SMILES string of the molecule is CCCn1ccnc1CC(NCC)c1cccc(Cl)c1. The van der Waals surface area contributed by atoms with Crippen molar-refractivity contribution in [1.29, 1.82) is 0 Å². The lowest BCUT2D eigenvalue weighted by atomic mass is 10.0. The average Bonchev–Trinajstić information content (AvgIpc) is 2.86. The molecule has 3 nitrogen and oxygen atoms in total. The monoisotopic (exact) mass is 291 g/mol. The summed E-state index contributed by atoms with van der Waals surface area (Å²) in [6.07, 6.45) is 5.93. The second-order valence-corrected chi connectivity index (χ2v) is 5.34. The molecular weight excluding hydrogens is 270 g/mol. The van der Waals surface area contributed by atoms with E-state index in [9.17, 15) is 0 Å². The molecule has 1 unspecified atom stereocenters. The molecule has 108 valence electrons. The first-order valence-corrected chi connectivity index (χ1v) is 7.61. The fraction of sp³-hybridized carbons (Fsp3) is 0.438. The van der Waals surface area contributed by atoms with Gasteiger partial charge in [0, 0.05) is 36.4 Å². The molecule has 0 saturated heterocycles. The number of aromatic nitrogens is 2. The van der Waals surface area contributed by atoms with Gasteiger partial charge in [-0.15, -0.1) is 0 Å². The van der Waals surface area contributed by atoms with Crippen molar-refractivity contribution in [3.8, 4) is 0 Å². The Labute approximate surface area is 126 Å². The standard InChI is InChI=1S/C16H22ClN3/c1-3-9-20-10-8-19-16(20)12-15(18-4-2)13-6-5-7-14(17)11-13/h5-8,10-11,15,18H,3-4,9,12H2,1-2H3. The quantitative estimate of drug-likeness (QED) is 0.840. The molecular formula is C16H22ClN3. The van der Waals surface area contributed by atoms with Crippen LogP contribution in [0, 0.1) is 0 Å². The number of aryl methyl sites for hydroxylation is 1. The molecule has 4 heteroatoms. The van der Waals surface area contributed by atoms with Gasteiger partial charge in [0.05, 0.1) is 0 Å². The molecule has 0 fully saturated rings. The Morgan fingerprint density at radius 3 is 2.90 bits per heavy atom. The Morgan fingerprint density at radius 1 is 1.35 bits per heavy atom. The molecule has 2 rings (SSSR count). The van der Waals surface area contributed by atoms with Gasteiger partial charge in [-0.2, -0.15) is 0 Å². The maximum Gasteiger partial charge on any atom is 0.110 e. The third-order valence-electron chi connectivity index (χ3n) is 3.35. The van der Waals surface area contributed by atoms with Gasteiger partial charge in [0.1, 0.15) is 5.82 Å². The van der Waals surface area contributed by atoms with Crippen LogP contribution < -0.4 is 5.32 Å². The van der Waals surface area contributed by atoms with Gasteiger partial charge < -0.3 is 9.88 Å². The Hall–Kier alpha value is -1.32. The summed E-state index contributed by atoms with van der Waals surface area (Å²) in [4.78, 5) is 4.49. The Bertz CT molecular complexity index is 536. The van der Waals surface area contributed by atoms with E-state index < -0.39 is 0 Å². The number of rotatable bonds is 7. The lowest BCUT2D eigenvalue weighted by Crippen LogP contribution is -2.24. The van der Waals surface area contributed by atoms with Crippen molar-refractivity contribution < 1.29 is 0 Å². The summed E-state index contributed by atoms with van der Waals surface area (Å²) >= 11 is 6.10. The molecule has 1 N–H and O–H groups in total. The van der Waals surface area contributed by atoms with E-state index in [-0.39, 0.29) is 6.04 Å². The van der Waals surface area contributed by atoms with Crippen molar-refractivity contribution in [2.45, 2.75) is 39.3 Å². The number of nitrogens with zero attached hydrogens (tertiary/aromatic N) is 2. The third kappa shape index (κ3) is 3.84. The number of likely N-dealkylation sites (N-methyl/N-ethyl adjacent to an activating group) is 1. The van der Waals surface area contributed by atoms with Crippen molar-refractivity contribution >= 4 is 11.6 Å². The van der Waals surface area contributed by atoms with Gasteiger partial charge in [-0.05, 0) is 30.7 Å². The normalized spacial score (nSPS) is 12.6. The van der Waals surface area contributed by atoms with E-state index in [0.29, 0.717) is 0 Å². The van der Waals surface area contributed by atoms with E-state index in [4.69, 9.17) is 11.6 Å². The van der Waals surface area contributed by atoms with E-state index in [1.807, 2.05) is 24.4 Å². The highest BCUT2D eigenvalue weighted by Crippen LogP contribution is 2.21. The Kier molecular flexibility index (Phi) is 5.62. The number of hydrogen-bond donors (Lipinski definition) is 1. The zero-order valence-corrected chi connectivity index (χ0v) is 12.9. The van der Waals surface area contributed by atoms with Crippen LogP contribution in [0.3, 0.4) is 0 Å². The van der Waals surface area contributed by atoms with Gasteiger partial charge in [-0.1, -0.05) is 37.6 Å². The van der Waals surface area contributed by atoms with Crippen LogP contribution in [0.15, 0.2) is 36.7 Å². The van der Waals surface area contributed by atoms with Gasteiger partial charge in [0.2, 0.25) is 0 Å². The van der Waals surface area contributed by atoms with Crippen molar-refractivity contribution in [2.75, 3.05) is 6.54 Å². The van der Waals surface area contributed by atoms with Crippen LogP contribution in [0.1, 0.15) is 37.7 Å². The van der Waals surface area contributed by atoms with Crippen LogP contribution in [0.25, 0.3) is 0 Å². The molecule has 0 aliphatic carbocycles. The number of halogens is 1. The second-order valence-electron chi connectivity index (χ2n) is 4.91. The minimum absolute atomic E-state index is 0.247. The summed E-state index contributed by atoms with van der Waals surface area (Å²) in [6, 6.07) is 8.30. The van der Waals surface area contributed by atoms with Gasteiger partial charge in [-0.3, -0.25) is 0 Å². The van der Waals surface area contributed by atoms with Crippen molar-refractivity contribution in [3.05, 3.63) is 53.1 Å². The Morgan fingerprint density at radius 2 is 2.20 bits per heavy atom. The van der Waals surface area contributed by atoms with Crippen molar-refractivity contribution in [3.63, 3.8) is 0 Å². The highest BCUT2D eigenvalue weighted by molar-refractivity contribution is 6.30. The summed E-state index contributed by atoms with van der Waals surface area (Å²) in [5.41, 5.74) is 1.21. The van der Waals surface area contributed by atoms with Gasteiger partial charge in [-0.25, -0.2) is 4.98 Å². The van der Waals surface area contributed by atoms with Crippen LogP contribution in [-0.4, -0.2) is 16.1 Å². The molecule has 1 heterocycles. The topological polar surface area (TPSA) is 29.9 Å².